The van der Waals surface area contributed by atoms with E-state index < -0.39 is 10.0 Å². The number of sulfonamides is 1. The van der Waals surface area contributed by atoms with Gasteiger partial charge in [-0.1, -0.05) is 12.1 Å². The highest BCUT2D eigenvalue weighted by Gasteiger charge is 2.17. The van der Waals surface area contributed by atoms with E-state index in [2.05, 4.69) is 9.71 Å². The number of hydrogen-bond donors (Lipinski definition) is 2. The normalized spacial score (nSPS) is 11.1. The zero-order chi connectivity index (χ0) is 17.9. The minimum atomic E-state index is -3.79. The average molecular weight is 356 g/mol. The molecule has 25 heavy (non-hydrogen) atoms. The number of ether oxygens (including phenoxy) is 1. The molecule has 0 aliphatic carbocycles. The zero-order valence-corrected chi connectivity index (χ0v) is 14.2. The summed E-state index contributed by atoms with van der Waals surface area (Å²) in [6.07, 6.45) is 1.56. The molecule has 0 radical (unpaired) electrons. The summed E-state index contributed by atoms with van der Waals surface area (Å²) in [6, 6.07) is 15.8. The number of rotatable bonds is 5. The quantitative estimate of drug-likeness (QED) is 0.732. The highest BCUT2D eigenvalue weighted by molar-refractivity contribution is 7.92. The summed E-state index contributed by atoms with van der Waals surface area (Å²) < 4.78 is 32.8. The number of phenols is 1. The van der Waals surface area contributed by atoms with Gasteiger partial charge in [0.1, 0.15) is 11.5 Å². The lowest BCUT2D eigenvalue weighted by Gasteiger charge is -2.12. The lowest BCUT2D eigenvalue weighted by atomic mass is 10.1. The fourth-order valence-electron chi connectivity index (χ4n) is 2.33. The van der Waals surface area contributed by atoms with Crippen molar-refractivity contribution in [1.29, 1.82) is 0 Å². The van der Waals surface area contributed by atoms with Crippen LogP contribution in [0.1, 0.15) is 0 Å². The van der Waals surface area contributed by atoms with Gasteiger partial charge in [-0.3, -0.25) is 9.71 Å². The number of nitrogens with zero attached hydrogens (tertiary/aromatic N) is 1. The van der Waals surface area contributed by atoms with Crippen LogP contribution in [0, 0.1) is 0 Å². The first-order valence-corrected chi connectivity index (χ1v) is 8.89. The number of anilines is 1. The number of aromatic nitrogens is 1. The Morgan fingerprint density at radius 3 is 2.48 bits per heavy atom. The monoisotopic (exact) mass is 356 g/mol. The Bertz CT molecular complexity index is 986. The van der Waals surface area contributed by atoms with E-state index in [1.807, 2.05) is 0 Å². The van der Waals surface area contributed by atoms with Gasteiger partial charge in [0, 0.05) is 11.8 Å². The Balaban J connectivity index is 1.97. The molecule has 3 aromatic rings. The van der Waals surface area contributed by atoms with Crippen molar-refractivity contribution in [2.45, 2.75) is 4.90 Å². The van der Waals surface area contributed by atoms with E-state index in [0.29, 0.717) is 22.7 Å². The van der Waals surface area contributed by atoms with Crippen LogP contribution >= 0.6 is 0 Å². The third-order valence-corrected chi connectivity index (χ3v) is 4.92. The lowest BCUT2D eigenvalue weighted by Crippen LogP contribution is -2.14. The van der Waals surface area contributed by atoms with E-state index >= 15 is 0 Å². The molecule has 2 aromatic carbocycles. The maximum Gasteiger partial charge on any atom is 0.261 e. The molecule has 0 saturated heterocycles. The molecule has 0 spiro atoms. The molecule has 0 unspecified atom stereocenters. The topological polar surface area (TPSA) is 88.5 Å². The summed E-state index contributed by atoms with van der Waals surface area (Å²) in [5.74, 6) is 0.646. The fourth-order valence-corrected chi connectivity index (χ4v) is 3.40. The molecule has 3 rings (SSSR count). The van der Waals surface area contributed by atoms with Gasteiger partial charge >= 0.3 is 0 Å². The first-order chi connectivity index (χ1) is 12.0. The summed E-state index contributed by atoms with van der Waals surface area (Å²) in [6.45, 7) is 0. The Kier molecular flexibility index (Phi) is 4.58. The van der Waals surface area contributed by atoms with Gasteiger partial charge in [0.25, 0.3) is 10.0 Å². The van der Waals surface area contributed by atoms with Gasteiger partial charge in [0.2, 0.25) is 0 Å². The SMILES string of the molecule is COc1ccc(S(=O)(=O)Nc2cccnc2-c2cccc(O)c2)cc1. The molecule has 7 heteroatoms. The van der Waals surface area contributed by atoms with E-state index in [4.69, 9.17) is 4.74 Å². The molecule has 0 aliphatic rings. The third-order valence-electron chi connectivity index (χ3n) is 3.54. The van der Waals surface area contributed by atoms with Crippen molar-refractivity contribution >= 4 is 15.7 Å². The van der Waals surface area contributed by atoms with Gasteiger partial charge in [-0.2, -0.15) is 0 Å². The second-order valence-electron chi connectivity index (χ2n) is 5.23. The molecule has 1 heterocycles. The number of phenolic OH excluding ortho intramolecular Hbond substituents is 1. The number of hydrogen-bond acceptors (Lipinski definition) is 5. The minimum Gasteiger partial charge on any atom is -0.508 e. The Hall–Kier alpha value is -3.06. The molecule has 0 saturated carbocycles. The molecule has 2 N–H and O–H groups in total. The molecule has 0 bridgehead atoms. The van der Waals surface area contributed by atoms with Gasteiger partial charge in [0.05, 0.1) is 23.4 Å². The number of pyridine rings is 1. The number of aromatic hydroxyl groups is 1. The van der Waals surface area contributed by atoms with Crippen LogP contribution in [-0.2, 0) is 10.0 Å². The Morgan fingerprint density at radius 1 is 1.04 bits per heavy atom. The summed E-state index contributed by atoms with van der Waals surface area (Å²) in [5.41, 5.74) is 1.35. The second-order valence-corrected chi connectivity index (χ2v) is 6.91. The number of methoxy groups -OCH3 is 1. The molecule has 0 fully saturated rings. The highest BCUT2D eigenvalue weighted by atomic mass is 32.2. The van der Waals surface area contributed by atoms with Crippen molar-refractivity contribution in [3.8, 4) is 22.8 Å². The maximum atomic E-state index is 12.6. The van der Waals surface area contributed by atoms with Crippen LogP contribution < -0.4 is 9.46 Å². The molecule has 6 nitrogen and oxygen atoms in total. The van der Waals surface area contributed by atoms with Crippen LogP contribution in [0.5, 0.6) is 11.5 Å². The fraction of sp³-hybridized carbons (Fsp3) is 0.0556. The largest absolute Gasteiger partial charge is 0.508 e. The Morgan fingerprint density at radius 2 is 1.80 bits per heavy atom. The molecule has 0 aliphatic heterocycles. The predicted molar refractivity (Wildman–Crippen MR) is 95.1 cm³/mol. The van der Waals surface area contributed by atoms with Crippen molar-refractivity contribution in [3.63, 3.8) is 0 Å². The van der Waals surface area contributed by atoms with E-state index in [0.717, 1.165) is 0 Å². The smallest absolute Gasteiger partial charge is 0.261 e. The van der Waals surface area contributed by atoms with Gasteiger partial charge in [-0.25, -0.2) is 8.42 Å². The van der Waals surface area contributed by atoms with Crippen molar-refractivity contribution < 1.29 is 18.3 Å². The van der Waals surface area contributed by atoms with Crippen LogP contribution in [0.3, 0.4) is 0 Å². The van der Waals surface area contributed by atoms with Crippen LogP contribution in [-0.4, -0.2) is 25.6 Å². The zero-order valence-electron chi connectivity index (χ0n) is 13.4. The summed E-state index contributed by atoms with van der Waals surface area (Å²) in [4.78, 5) is 4.35. The summed E-state index contributed by atoms with van der Waals surface area (Å²) >= 11 is 0. The van der Waals surface area contributed by atoms with Crippen LogP contribution in [0.25, 0.3) is 11.3 Å². The van der Waals surface area contributed by atoms with Gasteiger partial charge in [-0.15, -0.1) is 0 Å². The summed E-state index contributed by atoms with van der Waals surface area (Å²) in [7, 11) is -2.27. The van der Waals surface area contributed by atoms with E-state index in [1.165, 1.54) is 31.4 Å². The maximum absolute atomic E-state index is 12.6. The Labute approximate surface area is 145 Å². The third kappa shape index (κ3) is 3.72. The first-order valence-electron chi connectivity index (χ1n) is 7.41. The van der Waals surface area contributed by atoms with Gasteiger partial charge < -0.3 is 9.84 Å². The molecule has 128 valence electrons. The van der Waals surface area contributed by atoms with Crippen molar-refractivity contribution in [2.24, 2.45) is 0 Å². The lowest BCUT2D eigenvalue weighted by molar-refractivity contribution is 0.414. The minimum absolute atomic E-state index is 0.0760. The van der Waals surface area contributed by atoms with E-state index in [9.17, 15) is 13.5 Å². The van der Waals surface area contributed by atoms with Crippen molar-refractivity contribution in [1.82, 2.24) is 4.98 Å². The van der Waals surface area contributed by atoms with E-state index in [-0.39, 0.29) is 10.6 Å². The van der Waals surface area contributed by atoms with Crippen LogP contribution in [0.2, 0.25) is 0 Å². The number of benzene rings is 2. The molecular weight excluding hydrogens is 340 g/mol. The average Bonchev–Trinajstić information content (AvgIpc) is 2.62. The van der Waals surface area contributed by atoms with Crippen LogP contribution in [0.4, 0.5) is 5.69 Å². The predicted octanol–water partition coefficient (Wildman–Crippen LogP) is 3.26. The van der Waals surface area contributed by atoms with Crippen molar-refractivity contribution in [2.75, 3.05) is 11.8 Å². The van der Waals surface area contributed by atoms with Gasteiger partial charge in [-0.05, 0) is 48.5 Å². The van der Waals surface area contributed by atoms with Gasteiger partial charge in [0.15, 0.2) is 0 Å². The van der Waals surface area contributed by atoms with E-state index in [1.54, 1.807) is 42.6 Å². The molecule has 0 atom stereocenters. The second kappa shape index (κ2) is 6.82. The number of nitrogens with one attached hydrogen (secondary N) is 1. The first kappa shape index (κ1) is 16.8. The molecule has 0 amide bonds. The van der Waals surface area contributed by atoms with Crippen molar-refractivity contribution in [3.05, 3.63) is 66.9 Å². The summed E-state index contributed by atoms with van der Waals surface area (Å²) in [5, 5.41) is 9.65. The highest BCUT2D eigenvalue weighted by Crippen LogP contribution is 2.29. The van der Waals surface area contributed by atoms with Crippen LogP contribution in [0.15, 0.2) is 71.8 Å². The molecule has 1 aromatic heterocycles. The standard InChI is InChI=1S/C18H16N2O4S/c1-24-15-7-9-16(10-8-15)25(22,23)20-17-6-3-11-19-18(17)13-4-2-5-14(21)12-13/h2-12,20-21H,1H3. The molecular formula is C18H16N2O4S.